The van der Waals surface area contributed by atoms with Crippen molar-refractivity contribution in [2.45, 2.75) is 18.9 Å². The minimum absolute atomic E-state index is 0.615. The van der Waals surface area contributed by atoms with Gasteiger partial charge in [-0.2, -0.15) is 0 Å². The molecule has 2 rings (SSSR count). The Kier molecular flexibility index (Phi) is 3.06. The number of hydrogen-bond acceptors (Lipinski definition) is 4. The van der Waals surface area contributed by atoms with Crippen molar-refractivity contribution < 1.29 is 4.74 Å². The molecular weight excluding hydrogens is 212 g/mol. The largest absolute Gasteiger partial charge is 0.383 e. The molecule has 0 radical (unpaired) electrons. The standard InChI is InChI=1S/C9H16N4OS/c1-12-8(10-11-9(12)15)13(5-6-14-2)7-3-4-7/h7H,3-6H2,1-2H3,(H,11,15). The van der Waals surface area contributed by atoms with Gasteiger partial charge in [-0.3, -0.25) is 4.57 Å². The van der Waals surface area contributed by atoms with Gasteiger partial charge in [0.15, 0.2) is 4.77 Å². The summed E-state index contributed by atoms with van der Waals surface area (Å²) in [7, 11) is 3.65. The van der Waals surface area contributed by atoms with E-state index in [2.05, 4.69) is 15.1 Å². The summed E-state index contributed by atoms with van der Waals surface area (Å²) in [4.78, 5) is 2.26. The zero-order valence-electron chi connectivity index (χ0n) is 9.06. The first-order valence-electron chi connectivity index (χ1n) is 5.11. The minimum Gasteiger partial charge on any atom is -0.383 e. The first kappa shape index (κ1) is 10.6. The molecule has 5 nitrogen and oxygen atoms in total. The van der Waals surface area contributed by atoms with Crippen molar-refractivity contribution in [3.8, 4) is 0 Å². The topological polar surface area (TPSA) is 46.1 Å². The van der Waals surface area contributed by atoms with E-state index in [0.29, 0.717) is 10.8 Å². The molecule has 1 saturated carbocycles. The third-order valence-electron chi connectivity index (χ3n) is 2.64. The summed E-state index contributed by atoms with van der Waals surface area (Å²) in [5.74, 6) is 0.916. The van der Waals surface area contributed by atoms with Crippen LogP contribution in [0.1, 0.15) is 12.8 Å². The maximum absolute atomic E-state index is 5.10. The fourth-order valence-corrected chi connectivity index (χ4v) is 1.74. The summed E-state index contributed by atoms with van der Waals surface area (Å²) < 4.78 is 7.67. The van der Waals surface area contributed by atoms with Crippen LogP contribution in [0.15, 0.2) is 0 Å². The predicted octanol–water partition coefficient (Wildman–Crippen LogP) is 1.09. The molecule has 1 N–H and O–H groups in total. The van der Waals surface area contributed by atoms with E-state index in [4.69, 9.17) is 17.0 Å². The van der Waals surface area contributed by atoms with Gasteiger partial charge in [-0.1, -0.05) is 0 Å². The average Bonchev–Trinajstić information content (AvgIpc) is 3.00. The summed E-state index contributed by atoms with van der Waals surface area (Å²) in [6, 6.07) is 0.615. The van der Waals surface area contributed by atoms with Gasteiger partial charge < -0.3 is 9.64 Å². The van der Waals surface area contributed by atoms with Gasteiger partial charge in [-0.15, -0.1) is 5.10 Å². The van der Waals surface area contributed by atoms with Gasteiger partial charge in [0.2, 0.25) is 5.95 Å². The van der Waals surface area contributed by atoms with Crippen molar-refractivity contribution in [2.24, 2.45) is 7.05 Å². The van der Waals surface area contributed by atoms with Gasteiger partial charge >= 0.3 is 0 Å². The third kappa shape index (κ3) is 2.21. The molecule has 6 heteroatoms. The highest BCUT2D eigenvalue weighted by molar-refractivity contribution is 7.71. The Bertz CT molecular complexity index is 382. The minimum atomic E-state index is 0.615. The molecule has 0 bridgehead atoms. The number of H-pyrrole nitrogens is 1. The van der Waals surface area contributed by atoms with E-state index in [1.165, 1.54) is 12.8 Å². The molecule has 1 aliphatic carbocycles. The van der Waals surface area contributed by atoms with Crippen LogP contribution in [0.25, 0.3) is 0 Å². The van der Waals surface area contributed by atoms with Crippen molar-refractivity contribution in [2.75, 3.05) is 25.2 Å². The maximum Gasteiger partial charge on any atom is 0.225 e. The first-order chi connectivity index (χ1) is 7.24. The van der Waals surface area contributed by atoms with Crippen LogP contribution in [0.5, 0.6) is 0 Å². The van der Waals surface area contributed by atoms with Gasteiger partial charge in [-0.25, -0.2) is 5.10 Å². The lowest BCUT2D eigenvalue weighted by molar-refractivity contribution is 0.204. The molecule has 1 aromatic heterocycles. The van der Waals surface area contributed by atoms with Crippen molar-refractivity contribution in [3.05, 3.63) is 4.77 Å². The highest BCUT2D eigenvalue weighted by Gasteiger charge is 2.31. The molecule has 1 aromatic rings. The number of nitrogens with one attached hydrogen (secondary N) is 1. The molecule has 1 fully saturated rings. The third-order valence-corrected chi connectivity index (χ3v) is 3.00. The van der Waals surface area contributed by atoms with E-state index in [9.17, 15) is 0 Å². The van der Waals surface area contributed by atoms with Gasteiger partial charge in [0, 0.05) is 26.7 Å². The molecule has 0 unspecified atom stereocenters. The number of ether oxygens (including phenoxy) is 1. The molecule has 84 valence electrons. The van der Waals surface area contributed by atoms with Crippen LogP contribution in [0.3, 0.4) is 0 Å². The zero-order chi connectivity index (χ0) is 10.8. The monoisotopic (exact) mass is 228 g/mol. The Labute approximate surface area is 94.0 Å². The Morgan fingerprint density at radius 3 is 2.87 bits per heavy atom. The molecule has 1 heterocycles. The van der Waals surface area contributed by atoms with Crippen molar-refractivity contribution >= 4 is 18.2 Å². The van der Waals surface area contributed by atoms with Gasteiger partial charge in [0.05, 0.1) is 6.61 Å². The van der Waals surface area contributed by atoms with Crippen LogP contribution in [-0.4, -0.2) is 41.1 Å². The number of hydrogen-bond donors (Lipinski definition) is 1. The van der Waals surface area contributed by atoms with Crippen LogP contribution in [0.2, 0.25) is 0 Å². The number of rotatable bonds is 5. The van der Waals surface area contributed by atoms with Crippen LogP contribution in [-0.2, 0) is 11.8 Å². The number of methoxy groups -OCH3 is 1. The summed E-state index contributed by atoms with van der Waals surface area (Å²) in [6.07, 6.45) is 2.48. The van der Waals surface area contributed by atoms with Crippen LogP contribution < -0.4 is 4.90 Å². The van der Waals surface area contributed by atoms with E-state index in [-0.39, 0.29) is 0 Å². The maximum atomic E-state index is 5.10. The fraction of sp³-hybridized carbons (Fsp3) is 0.778. The zero-order valence-corrected chi connectivity index (χ0v) is 9.88. The van der Waals surface area contributed by atoms with E-state index < -0.39 is 0 Å². The predicted molar refractivity (Wildman–Crippen MR) is 60.6 cm³/mol. The lowest BCUT2D eigenvalue weighted by Gasteiger charge is -2.22. The molecule has 15 heavy (non-hydrogen) atoms. The van der Waals surface area contributed by atoms with Gasteiger partial charge in [-0.05, 0) is 25.1 Å². The SMILES string of the molecule is COCCN(c1n[nH]c(=S)n1C)C1CC1. The molecule has 0 aromatic carbocycles. The molecule has 0 amide bonds. The molecular formula is C9H16N4OS. The summed E-state index contributed by atoms with van der Waals surface area (Å²) in [5.41, 5.74) is 0. The Hall–Kier alpha value is -0.880. The molecule has 0 atom stereocenters. The Balaban J connectivity index is 2.16. The Morgan fingerprint density at radius 2 is 2.40 bits per heavy atom. The second-order valence-corrected chi connectivity index (χ2v) is 4.19. The number of aromatic nitrogens is 3. The molecule has 0 aliphatic heterocycles. The smallest absolute Gasteiger partial charge is 0.225 e. The van der Waals surface area contributed by atoms with E-state index in [1.54, 1.807) is 7.11 Å². The highest BCUT2D eigenvalue weighted by atomic mass is 32.1. The second-order valence-electron chi connectivity index (χ2n) is 3.81. The molecule has 0 spiro atoms. The summed E-state index contributed by atoms with van der Waals surface area (Å²) in [5, 5.41) is 7.06. The summed E-state index contributed by atoms with van der Waals surface area (Å²) >= 11 is 5.10. The lowest BCUT2D eigenvalue weighted by Crippen LogP contribution is -2.31. The number of nitrogens with zero attached hydrogens (tertiary/aromatic N) is 3. The normalized spacial score (nSPS) is 15.6. The van der Waals surface area contributed by atoms with Gasteiger partial charge in [0.1, 0.15) is 0 Å². The molecule has 1 aliphatic rings. The average molecular weight is 228 g/mol. The summed E-state index contributed by atoms with van der Waals surface area (Å²) in [6.45, 7) is 1.59. The second kappa shape index (κ2) is 4.32. The van der Waals surface area contributed by atoms with E-state index >= 15 is 0 Å². The fourth-order valence-electron chi connectivity index (χ4n) is 1.62. The van der Waals surface area contributed by atoms with Crippen LogP contribution in [0, 0.1) is 4.77 Å². The lowest BCUT2D eigenvalue weighted by atomic mass is 10.5. The van der Waals surface area contributed by atoms with Gasteiger partial charge in [0.25, 0.3) is 0 Å². The molecule has 0 saturated heterocycles. The van der Waals surface area contributed by atoms with E-state index in [0.717, 1.165) is 19.1 Å². The van der Waals surface area contributed by atoms with Crippen molar-refractivity contribution in [1.82, 2.24) is 14.8 Å². The quantitative estimate of drug-likeness (QED) is 0.766. The first-order valence-corrected chi connectivity index (χ1v) is 5.52. The highest BCUT2D eigenvalue weighted by Crippen LogP contribution is 2.29. The van der Waals surface area contributed by atoms with Crippen LogP contribution >= 0.6 is 12.2 Å². The Morgan fingerprint density at radius 1 is 1.67 bits per heavy atom. The van der Waals surface area contributed by atoms with Crippen molar-refractivity contribution in [1.29, 1.82) is 0 Å². The number of anilines is 1. The van der Waals surface area contributed by atoms with Crippen molar-refractivity contribution in [3.63, 3.8) is 0 Å². The number of aromatic amines is 1. The van der Waals surface area contributed by atoms with E-state index in [1.807, 2.05) is 11.6 Å². The van der Waals surface area contributed by atoms with Crippen LogP contribution in [0.4, 0.5) is 5.95 Å².